The SMILES string of the molecule is COC(=O)/C=C(/Nc1cccc(-c2ccnc3c(-c4ccccc4)c(C)nn23)c1)C(=O)OC. The Labute approximate surface area is 190 Å². The Morgan fingerprint density at radius 3 is 2.45 bits per heavy atom. The molecule has 166 valence electrons. The predicted molar refractivity (Wildman–Crippen MR) is 124 cm³/mol. The molecule has 2 aromatic heterocycles. The van der Waals surface area contributed by atoms with Crippen LogP contribution in [-0.4, -0.2) is 40.8 Å². The van der Waals surface area contributed by atoms with Gasteiger partial charge in [0.15, 0.2) is 5.65 Å². The molecule has 2 heterocycles. The summed E-state index contributed by atoms with van der Waals surface area (Å²) >= 11 is 0. The molecule has 0 spiro atoms. The molecule has 0 fully saturated rings. The fourth-order valence-corrected chi connectivity index (χ4v) is 3.56. The lowest BCUT2D eigenvalue weighted by atomic mass is 10.1. The lowest BCUT2D eigenvalue weighted by Crippen LogP contribution is -2.15. The molecule has 0 aliphatic rings. The first kappa shape index (κ1) is 21.8. The van der Waals surface area contributed by atoms with Gasteiger partial charge in [-0.1, -0.05) is 42.5 Å². The van der Waals surface area contributed by atoms with Gasteiger partial charge in [-0.3, -0.25) is 0 Å². The average Bonchev–Trinajstić information content (AvgIpc) is 3.19. The summed E-state index contributed by atoms with van der Waals surface area (Å²) in [6, 6.07) is 19.3. The van der Waals surface area contributed by atoms with Crippen LogP contribution in [0.2, 0.25) is 0 Å². The van der Waals surface area contributed by atoms with Gasteiger partial charge < -0.3 is 14.8 Å². The van der Waals surface area contributed by atoms with Crippen LogP contribution in [0.4, 0.5) is 5.69 Å². The lowest BCUT2D eigenvalue weighted by Gasteiger charge is -2.11. The predicted octanol–water partition coefficient (Wildman–Crippen LogP) is 4.01. The van der Waals surface area contributed by atoms with E-state index in [0.29, 0.717) is 5.69 Å². The second kappa shape index (κ2) is 9.35. The van der Waals surface area contributed by atoms with Crippen molar-refractivity contribution in [3.05, 3.63) is 84.3 Å². The molecular weight excluding hydrogens is 420 g/mol. The molecule has 0 saturated heterocycles. The van der Waals surface area contributed by atoms with E-state index < -0.39 is 11.9 Å². The number of hydrogen-bond donors (Lipinski definition) is 1. The summed E-state index contributed by atoms with van der Waals surface area (Å²) in [6.45, 7) is 1.96. The van der Waals surface area contributed by atoms with Gasteiger partial charge in [0, 0.05) is 23.0 Å². The molecule has 0 amide bonds. The van der Waals surface area contributed by atoms with Crippen LogP contribution in [0.5, 0.6) is 0 Å². The fraction of sp³-hybridized carbons (Fsp3) is 0.120. The van der Waals surface area contributed by atoms with E-state index in [4.69, 9.17) is 9.84 Å². The molecule has 0 aliphatic heterocycles. The van der Waals surface area contributed by atoms with E-state index in [0.717, 1.165) is 39.8 Å². The minimum Gasteiger partial charge on any atom is -0.466 e. The van der Waals surface area contributed by atoms with Gasteiger partial charge in [-0.2, -0.15) is 5.10 Å². The first-order chi connectivity index (χ1) is 16.0. The standard InChI is InChI=1S/C25H22N4O4/c1-16-23(17-8-5-4-6-9-17)24-26-13-12-21(29(24)28-16)18-10-7-11-19(14-18)27-20(25(31)33-3)15-22(30)32-2/h4-15,27H,1-3H3/b20-15+. The van der Waals surface area contributed by atoms with Crippen molar-refractivity contribution in [2.45, 2.75) is 6.92 Å². The summed E-state index contributed by atoms with van der Waals surface area (Å²) in [5.74, 6) is -1.36. The summed E-state index contributed by atoms with van der Waals surface area (Å²) in [4.78, 5) is 28.3. The first-order valence-electron chi connectivity index (χ1n) is 10.2. The van der Waals surface area contributed by atoms with Crippen LogP contribution in [0, 0.1) is 6.92 Å². The number of carbonyl (C=O) groups is 2. The van der Waals surface area contributed by atoms with Gasteiger partial charge in [0.25, 0.3) is 0 Å². The van der Waals surface area contributed by atoms with Gasteiger partial charge in [-0.15, -0.1) is 0 Å². The first-order valence-corrected chi connectivity index (χ1v) is 10.2. The zero-order valence-corrected chi connectivity index (χ0v) is 18.4. The van der Waals surface area contributed by atoms with E-state index in [-0.39, 0.29) is 5.70 Å². The molecule has 0 aliphatic carbocycles. The molecule has 8 heteroatoms. The number of ether oxygens (including phenoxy) is 2. The minimum absolute atomic E-state index is 0.0392. The zero-order chi connectivity index (χ0) is 23.4. The lowest BCUT2D eigenvalue weighted by molar-refractivity contribution is -0.138. The summed E-state index contributed by atoms with van der Waals surface area (Å²) < 4.78 is 11.2. The number of nitrogens with one attached hydrogen (secondary N) is 1. The van der Waals surface area contributed by atoms with Crippen molar-refractivity contribution in [1.29, 1.82) is 0 Å². The third kappa shape index (κ3) is 4.45. The number of nitrogens with zero attached hydrogens (tertiary/aromatic N) is 3. The van der Waals surface area contributed by atoms with Crippen molar-refractivity contribution in [3.63, 3.8) is 0 Å². The maximum Gasteiger partial charge on any atom is 0.354 e. The van der Waals surface area contributed by atoms with Crippen molar-refractivity contribution in [1.82, 2.24) is 14.6 Å². The van der Waals surface area contributed by atoms with Gasteiger partial charge in [-0.05, 0) is 30.7 Å². The zero-order valence-electron chi connectivity index (χ0n) is 18.4. The normalized spacial score (nSPS) is 11.3. The van der Waals surface area contributed by atoms with Gasteiger partial charge in [0.2, 0.25) is 0 Å². The van der Waals surface area contributed by atoms with Crippen LogP contribution in [0.3, 0.4) is 0 Å². The number of esters is 2. The second-order valence-electron chi connectivity index (χ2n) is 7.17. The van der Waals surface area contributed by atoms with E-state index in [9.17, 15) is 9.59 Å². The molecular formula is C25H22N4O4. The largest absolute Gasteiger partial charge is 0.466 e. The summed E-state index contributed by atoms with van der Waals surface area (Å²) in [7, 11) is 2.47. The highest BCUT2D eigenvalue weighted by atomic mass is 16.5. The van der Waals surface area contributed by atoms with Crippen LogP contribution in [-0.2, 0) is 19.1 Å². The summed E-state index contributed by atoms with van der Waals surface area (Å²) in [5.41, 5.74) is 5.84. The number of aromatic nitrogens is 3. The van der Waals surface area contributed by atoms with Crippen LogP contribution < -0.4 is 5.32 Å². The maximum absolute atomic E-state index is 12.1. The van der Waals surface area contributed by atoms with Crippen molar-refractivity contribution in [2.24, 2.45) is 0 Å². The van der Waals surface area contributed by atoms with Crippen molar-refractivity contribution >= 4 is 23.3 Å². The molecule has 8 nitrogen and oxygen atoms in total. The van der Waals surface area contributed by atoms with Crippen LogP contribution in [0.15, 0.2) is 78.6 Å². The molecule has 1 N–H and O–H groups in total. The number of anilines is 1. The average molecular weight is 442 g/mol. The summed E-state index contributed by atoms with van der Waals surface area (Å²) in [6.07, 6.45) is 2.79. The second-order valence-corrected chi connectivity index (χ2v) is 7.17. The monoisotopic (exact) mass is 442 g/mol. The Bertz CT molecular complexity index is 1360. The van der Waals surface area contributed by atoms with Gasteiger partial charge in [0.05, 0.1) is 31.7 Å². The van der Waals surface area contributed by atoms with Crippen molar-refractivity contribution in [3.8, 4) is 22.4 Å². The van der Waals surface area contributed by atoms with Crippen LogP contribution in [0.25, 0.3) is 28.0 Å². The third-order valence-electron chi connectivity index (χ3n) is 5.06. The fourth-order valence-electron chi connectivity index (χ4n) is 3.56. The van der Waals surface area contributed by atoms with E-state index in [2.05, 4.69) is 15.0 Å². The Kier molecular flexibility index (Phi) is 6.17. The van der Waals surface area contributed by atoms with Gasteiger partial charge in [-0.25, -0.2) is 19.1 Å². The molecule has 4 rings (SSSR count). The summed E-state index contributed by atoms with van der Waals surface area (Å²) in [5, 5.41) is 7.67. The highest BCUT2D eigenvalue weighted by molar-refractivity contribution is 5.98. The Balaban J connectivity index is 1.76. The van der Waals surface area contributed by atoms with Gasteiger partial charge in [0.1, 0.15) is 5.70 Å². The minimum atomic E-state index is -0.688. The molecule has 0 bridgehead atoms. The van der Waals surface area contributed by atoms with E-state index in [1.807, 2.05) is 66.0 Å². The number of benzene rings is 2. The Morgan fingerprint density at radius 1 is 0.970 bits per heavy atom. The van der Waals surface area contributed by atoms with E-state index in [1.54, 1.807) is 12.3 Å². The Hall–Kier alpha value is -4.46. The number of hydrogen-bond acceptors (Lipinski definition) is 7. The van der Waals surface area contributed by atoms with Crippen LogP contribution >= 0.6 is 0 Å². The van der Waals surface area contributed by atoms with Crippen molar-refractivity contribution in [2.75, 3.05) is 19.5 Å². The smallest absolute Gasteiger partial charge is 0.354 e. The van der Waals surface area contributed by atoms with Crippen molar-refractivity contribution < 1.29 is 19.1 Å². The number of carbonyl (C=O) groups excluding carboxylic acids is 2. The molecule has 4 aromatic rings. The molecule has 33 heavy (non-hydrogen) atoms. The quantitative estimate of drug-likeness (QED) is 0.356. The van der Waals surface area contributed by atoms with Crippen LogP contribution in [0.1, 0.15) is 5.69 Å². The highest BCUT2D eigenvalue weighted by Gasteiger charge is 2.17. The Morgan fingerprint density at radius 2 is 1.73 bits per heavy atom. The number of fused-ring (bicyclic) bond motifs is 1. The third-order valence-corrected chi connectivity index (χ3v) is 5.06. The number of methoxy groups -OCH3 is 2. The molecule has 0 radical (unpaired) electrons. The molecule has 0 saturated carbocycles. The van der Waals surface area contributed by atoms with Gasteiger partial charge >= 0.3 is 11.9 Å². The molecule has 0 atom stereocenters. The maximum atomic E-state index is 12.1. The highest BCUT2D eigenvalue weighted by Crippen LogP contribution is 2.30. The molecule has 2 aromatic carbocycles. The van der Waals surface area contributed by atoms with E-state index in [1.165, 1.54) is 14.2 Å². The van der Waals surface area contributed by atoms with E-state index >= 15 is 0 Å². The number of rotatable bonds is 6. The topological polar surface area (TPSA) is 94.8 Å². The molecule has 0 unspecified atom stereocenters. The number of aryl methyl sites for hydroxylation is 1.